The van der Waals surface area contributed by atoms with E-state index >= 15 is 0 Å². The topological polar surface area (TPSA) is 3.24 Å². The Kier molecular flexibility index (Phi) is 2.41. The molecule has 0 N–H and O–H groups in total. The van der Waals surface area contributed by atoms with E-state index in [1.165, 1.54) is 16.6 Å². The Morgan fingerprint density at radius 1 is 0.938 bits per heavy atom. The third-order valence-corrected chi connectivity index (χ3v) is 4.81. The number of hydrogen-bond donors (Lipinski definition) is 0. The highest BCUT2D eigenvalue weighted by Crippen LogP contribution is 2.45. The SMILES string of the molecule is CN1c2ccccc2PC1c1ccccc1. The van der Waals surface area contributed by atoms with Crippen LogP contribution >= 0.6 is 8.58 Å². The fraction of sp³-hybridized carbons (Fsp3) is 0.143. The van der Waals surface area contributed by atoms with E-state index < -0.39 is 0 Å². The van der Waals surface area contributed by atoms with Crippen molar-refractivity contribution in [2.45, 2.75) is 5.78 Å². The number of anilines is 1. The van der Waals surface area contributed by atoms with Crippen LogP contribution in [0.5, 0.6) is 0 Å². The molecule has 0 bridgehead atoms. The van der Waals surface area contributed by atoms with Gasteiger partial charge in [-0.25, -0.2) is 0 Å². The molecule has 3 rings (SSSR count). The van der Waals surface area contributed by atoms with Crippen molar-refractivity contribution >= 4 is 19.6 Å². The third-order valence-electron chi connectivity index (χ3n) is 3.08. The summed E-state index contributed by atoms with van der Waals surface area (Å²) >= 11 is 0. The quantitative estimate of drug-likeness (QED) is 0.676. The number of benzene rings is 2. The highest BCUT2D eigenvalue weighted by molar-refractivity contribution is 7.49. The second-order valence-corrected chi connectivity index (χ2v) is 5.46. The van der Waals surface area contributed by atoms with Gasteiger partial charge in [0.25, 0.3) is 0 Å². The summed E-state index contributed by atoms with van der Waals surface area (Å²) in [6, 6.07) is 19.5. The molecule has 1 heterocycles. The molecule has 0 radical (unpaired) electrons. The first-order valence-corrected chi connectivity index (χ1v) is 6.57. The number of fused-ring (bicyclic) bond motifs is 1. The predicted octanol–water partition coefficient (Wildman–Crippen LogP) is 3.14. The van der Waals surface area contributed by atoms with E-state index in [9.17, 15) is 0 Å². The van der Waals surface area contributed by atoms with Gasteiger partial charge in [-0.2, -0.15) is 0 Å². The van der Waals surface area contributed by atoms with Crippen LogP contribution in [-0.2, 0) is 0 Å². The van der Waals surface area contributed by atoms with Crippen molar-refractivity contribution in [3.63, 3.8) is 0 Å². The lowest BCUT2D eigenvalue weighted by atomic mass is 10.2. The molecular formula is C14H14NP. The molecule has 0 aliphatic carbocycles. The average Bonchev–Trinajstić information content (AvgIpc) is 2.69. The van der Waals surface area contributed by atoms with E-state index in [2.05, 4.69) is 66.5 Å². The Labute approximate surface area is 97.9 Å². The average molecular weight is 227 g/mol. The maximum Gasteiger partial charge on any atom is 0.0749 e. The van der Waals surface area contributed by atoms with Crippen molar-refractivity contribution in [3.05, 3.63) is 60.2 Å². The van der Waals surface area contributed by atoms with Crippen LogP contribution in [0.25, 0.3) is 0 Å². The summed E-state index contributed by atoms with van der Waals surface area (Å²) in [6.45, 7) is 0. The molecule has 0 saturated carbocycles. The van der Waals surface area contributed by atoms with Gasteiger partial charge in [0.15, 0.2) is 0 Å². The monoisotopic (exact) mass is 227 g/mol. The highest BCUT2D eigenvalue weighted by atomic mass is 31.1. The third kappa shape index (κ3) is 1.52. The zero-order chi connectivity index (χ0) is 11.0. The first-order valence-electron chi connectivity index (χ1n) is 5.49. The van der Waals surface area contributed by atoms with Crippen molar-refractivity contribution in [3.8, 4) is 0 Å². The largest absolute Gasteiger partial charge is 0.363 e. The minimum absolute atomic E-state index is 0.526. The van der Waals surface area contributed by atoms with Crippen molar-refractivity contribution < 1.29 is 0 Å². The van der Waals surface area contributed by atoms with Gasteiger partial charge < -0.3 is 4.90 Å². The standard InChI is InChI=1S/C14H14NP/c1-15-12-9-5-6-10-13(12)16-14(15)11-7-3-2-4-8-11/h2-10,14,16H,1H3. The molecule has 0 amide bonds. The molecule has 80 valence electrons. The van der Waals surface area contributed by atoms with E-state index in [-0.39, 0.29) is 0 Å². The molecule has 2 unspecified atom stereocenters. The van der Waals surface area contributed by atoms with Crippen LogP contribution in [0, 0.1) is 0 Å². The number of hydrogen-bond acceptors (Lipinski definition) is 1. The Hall–Kier alpha value is -1.33. The normalized spacial score (nSPS) is 20.1. The zero-order valence-corrected chi connectivity index (χ0v) is 10.2. The van der Waals surface area contributed by atoms with Crippen molar-refractivity contribution in [1.29, 1.82) is 0 Å². The lowest BCUT2D eigenvalue weighted by molar-refractivity contribution is 0.912. The number of nitrogens with zero attached hydrogens (tertiary/aromatic N) is 1. The molecule has 0 spiro atoms. The molecule has 2 atom stereocenters. The summed E-state index contributed by atoms with van der Waals surface area (Å²) in [7, 11) is 3.05. The molecule has 2 aromatic rings. The number of rotatable bonds is 1. The molecule has 0 aromatic heterocycles. The minimum Gasteiger partial charge on any atom is -0.363 e. The lowest BCUT2D eigenvalue weighted by Gasteiger charge is -2.22. The summed E-state index contributed by atoms with van der Waals surface area (Å²) in [5, 5.41) is 1.49. The molecule has 16 heavy (non-hydrogen) atoms. The fourth-order valence-corrected chi connectivity index (χ4v) is 3.82. The van der Waals surface area contributed by atoms with Gasteiger partial charge in [-0.1, -0.05) is 57.1 Å². The Bertz CT molecular complexity index is 495. The zero-order valence-electron chi connectivity index (χ0n) is 9.22. The van der Waals surface area contributed by atoms with E-state index in [4.69, 9.17) is 0 Å². The second kappa shape index (κ2) is 3.92. The van der Waals surface area contributed by atoms with Gasteiger partial charge in [-0.3, -0.25) is 0 Å². The summed E-state index contributed by atoms with van der Waals surface area (Å²) in [5.74, 6) is 0.526. The van der Waals surface area contributed by atoms with Crippen LogP contribution in [0.4, 0.5) is 5.69 Å². The first kappa shape index (κ1) is 9.86. The van der Waals surface area contributed by atoms with Crippen molar-refractivity contribution in [2.24, 2.45) is 0 Å². The molecule has 1 aliphatic rings. The van der Waals surface area contributed by atoms with Gasteiger partial charge in [-0.15, -0.1) is 0 Å². The van der Waals surface area contributed by atoms with Gasteiger partial charge in [0.05, 0.1) is 5.78 Å². The van der Waals surface area contributed by atoms with Crippen molar-refractivity contribution in [1.82, 2.24) is 0 Å². The van der Waals surface area contributed by atoms with E-state index in [1.807, 2.05) is 0 Å². The fourth-order valence-electron chi connectivity index (χ4n) is 2.23. The highest BCUT2D eigenvalue weighted by Gasteiger charge is 2.26. The second-order valence-electron chi connectivity index (χ2n) is 4.09. The summed E-state index contributed by atoms with van der Waals surface area (Å²) in [4.78, 5) is 2.39. The maximum atomic E-state index is 2.39. The molecule has 2 aromatic carbocycles. The van der Waals surface area contributed by atoms with Gasteiger partial charge in [0, 0.05) is 12.7 Å². The summed E-state index contributed by atoms with van der Waals surface area (Å²) in [5.41, 5.74) is 2.80. The van der Waals surface area contributed by atoms with E-state index in [0.717, 1.165) is 8.58 Å². The predicted molar refractivity (Wildman–Crippen MR) is 72.0 cm³/mol. The molecule has 0 saturated heterocycles. The summed E-state index contributed by atoms with van der Waals surface area (Å²) in [6.07, 6.45) is 0. The van der Waals surface area contributed by atoms with Crippen LogP contribution in [0.2, 0.25) is 0 Å². The maximum absolute atomic E-state index is 2.39. The van der Waals surface area contributed by atoms with Crippen LogP contribution in [-0.4, -0.2) is 7.05 Å². The van der Waals surface area contributed by atoms with Crippen LogP contribution < -0.4 is 10.2 Å². The van der Waals surface area contributed by atoms with Crippen LogP contribution in [0.1, 0.15) is 11.3 Å². The molecule has 0 fully saturated rings. The Balaban J connectivity index is 1.99. The van der Waals surface area contributed by atoms with E-state index in [0.29, 0.717) is 5.78 Å². The molecule has 1 nitrogen and oxygen atoms in total. The van der Waals surface area contributed by atoms with Gasteiger partial charge in [-0.05, 0) is 16.9 Å². The summed E-state index contributed by atoms with van der Waals surface area (Å²) < 4.78 is 0. The van der Waals surface area contributed by atoms with Gasteiger partial charge >= 0.3 is 0 Å². The molecular weight excluding hydrogens is 213 g/mol. The minimum atomic E-state index is 0.526. The van der Waals surface area contributed by atoms with E-state index in [1.54, 1.807) is 0 Å². The Morgan fingerprint density at radius 2 is 1.62 bits per heavy atom. The van der Waals surface area contributed by atoms with Crippen LogP contribution in [0.15, 0.2) is 54.6 Å². The first-order chi connectivity index (χ1) is 7.86. The molecule has 2 heteroatoms. The Morgan fingerprint density at radius 3 is 2.38 bits per heavy atom. The number of para-hydroxylation sites is 1. The lowest BCUT2D eigenvalue weighted by Crippen LogP contribution is -2.16. The van der Waals surface area contributed by atoms with Crippen LogP contribution in [0.3, 0.4) is 0 Å². The van der Waals surface area contributed by atoms with Gasteiger partial charge in [0.1, 0.15) is 0 Å². The van der Waals surface area contributed by atoms with Gasteiger partial charge in [0.2, 0.25) is 0 Å². The smallest absolute Gasteiger partial charge is 0.0749 e. The molecule has 1 aliphatic heterocycles. The van der Waals surface area contributed by atoms with Crippen molar-refractivity contribution in [2.75, 3.05) is 11.9 Å².